The lowest BCUT2D eigenvalue weighted by Crippen LogP contribution is -2.08. The van der Waals surface area contributed by atoms with Crippen LogP contribution in [0, 0.1) is 13.8 Å². The molecule has 0 saturated heterocycles. The van der Waals surface area contributed by atoms with Crippen LogP contribution in [0.5, 0.6) is 0 Å². The summed E-state index contributed by atoms with van der Waals surface area (Å²) >= 11 is 7.50. The molecule has 8 heteroatoms. The van der Waals surface area contributed by atoms with Crippen molar-refractivity contribution in [2.24, 2.45) is 0 Å². The van der Waals surface area contributed by atoms with Crippen molar-refractivity contribution in [3.63, 3.8) is 0 Å². The highest BCUT2D eigenvalue weighted by Crippen LogP contribution is 2.26. The van der Waals surface area contributed by atoms with Gasteiger partial charge in [-0.1, -0.05) is 41.6 Å². The number of carbonyl (C=O) groups is 1. The first-order chi connectivity index (χ1) is 14.0. The second-order valence-corrected chi connectivity index (χ2v) is 7.86. The summed E-state index contributed by atoms with van der Waals surface area (Å²) in [6.45, 7) is 4.55. The fourth-order valence-electron chi connectivity index (χ4n) is 3.10. The van der Waals surface area contributed by atoms with Crippen LogP contribution in [0.4, 0.5) is 0 Å². The first-order valence-electron chi connectivity index (χ1n) is 8.96. The van der Waals surface area contributed by atoms with E-state index in [0.717, 1.165) is 17.0 Å². The van der Waals surface area contributed by atoms with E-state index in [0.29, 0.717) is 34.0 Å². The van der Waals surface area contributed by atoms with E-state index in [4.69, 9.17) is 20.4 Å². The Labute approximate surface area is 176 Å². The molecule has 3 aromatic heterocycles. The molecule has 0 radical (unpaired) electrons. The zero-order valence-electron chi connectivity index (χ0n) is 15.9. The van der Waals surface area contributed by atoms with E-state index in [-0.39, 0.29) is 11.5 Å². The molecule has 0 aliphatic heterocycles. The number of nitrogens with zero attached hydrogens (tertiary/aromatic N) is 3. The highest BCUT2D eigenvalue weighted by atomic mass is 35.5. The molecular weight excluding hydrogens is 410 g/mol. The van der Waals surface area contributed by atoms with Crippen LogP contribution < -0.4 is 0 Å². The van der Waals surface area contributed by atoms with Crippen LogP contribution in [0.3, 0.4) is 0 Å². The molecule has 0 atom stereocenters. The van der Waals surface area contributed by atoms with Gasteiger partial charge in [0.25, 0.3) is 11.1 Å². The molecule has 1 aromatic carbocycles. The number of aryl methyl sites for hydroxylation is 1. The van der Waals surface area contributed by atoms with Gasteiger partial charge in [0.2, 0.25) is 0 Å². The number of rotatable bonds is 7. The van der Waals surface area contributed by atoms with E-state index >= 15 is 0 Å². The first-order valence-corrected chi connectivity index (χ1v) is 10.3. The second kappa shape index (κ2) is 8.31. The summed E-state index contributed by atoms with van der Waals surface area (Å²) in [6.07, 6.45) is 1.54. The Morgan fingerprint density at radius 3 is 2.76 bits per heavy atom. The Bertz CT molecular complexity index is 1150. The van der Waals surface area contributed by atoms with Gasteiger partial charge in [-0.05, 0) is 43.7 Å². The monoisotopic (exact) mass is 427 g/mol. The molecule has 148 valence electrons. The SMILES string of the molecule is Cc1cc(C(=O)CSc2nnc(-c3ccco3)o2)c(C)n1Cc1ccccc1Cl. The van der Waals surface area contributed by atoms with Crippen molar-refractivity contribution in [3.8, 4) is 11.7 Å². The highest BCUT2D eigenvalue weighted by Gasteiger charge is 2.18. The van der Waals surface area contributed by atoms with Gasteiger partial charge in [0.15, 0.2) is 11.5 Å². The molecule has 0 saturated carbocycles. The highest BCUT2D eigenvalue weighted by molar-refractivity contribution is 7.99. The average Bonchev–Trinajstić information content (AvgIpc) is 3.44. The molecule has 4 rings (SSSR count). The largest absolute Gasteiger partial charge is 0.459 e. The molecule has 29 heavy (non-hydrogen) atoms. The van der Waals surface area contributed by atoms with E-state index in [9.17, 15) is 4.79 Å². The van der Waals surface area contributed by atoms with Crippen LogP contribution in [-0.4, -0.2) is 26.3 Å². The molecular formula is C21H18ClN3O3S. The Hall–Kier alpha value is -2.77. The van der Waals surface area contributed by atoms with Crippen molar-refractivity contribution in [2.45, 2.75) is 25.6 Å². The van der Waals surface area contributed by atoms with E-state index in [2.05, 4.69) is 14.8 Å². The normalized spacial score (nSPS) is 11.1. The molecule has 0 unspecified atom stereocenters. The van der Waals surface area contributed by atoms with E-state index in [1.807, 2.05) is 44.2 Å². The van der Waals surface area contributed by atoms with Gasteiger partial charge in [-0.15, -0.1) is 10.2 Å². The number of halogens is 1. The van der Waals surface area contributed by atoms with Crippen molar-refractivity contribution in [3.05, 3.63) is 76.3 Å². The van der Waals surface area contributed by atoms with Gasteiger partial charge >= 0.3 is 0 Å². The summed E-state index contributed by atoms with van der Waals surface area (Å²) in [5.41, 5.74) is 3.62. The number of thioether (sulfide) groups is 1. The van der Waals surface area contributed by atoms with Crippen LogP contribution in [0.25, 0.3) is 11.7 Å². The van der Waals surface area contributed by atoms with Crippen molar-refractivity contribution < 1.29 is 13.6 Å². The molecule has 0 fully saturated rings. The number of hydrogen-bond donors (Lipinski definition) is 0. The Morgan fingerprint density at radius 2 is 2.00 bits per heavy atom. The topological polar surface area (TPSA) is 74.1 Å². The molecule has 0 spiro atoms. The van der Waals surface area contributed by atoms with Crippen molar-refractivity contribution in [1.82, 2.24) is 14.8 Å². The number of aromatic nitrogens is 3. The number of benzene rings is 1. The lowest BCUT2D eigenvalue weighted by Gasteiger charge is -2.11. The summed E-state index contributed by atoms with van der Waals surface area (Å²) in [7, 11) is 0. The fourth-order valence-corrected chi connectivity index (χ4v) is 3.94. The van der Waals surface area contributed by atoms with Crippen molar-refractivity contribution in [1.29, 1.82) is 0 Å². The Kier molecular flexibility index (Phi) is 5.60. The molecule has 6 nitrogen and oxygen atoms in total. The maximum Gasteiger partial charge on any atom is 0.284 e. The zero-order valence-corrected chi connectivity index (χ0v) is 17.5. The number of carbonyl (C=O) groups excluding carboxylic acids is 1. The summed E-state index contributed by atoms with van der Waals surface area (Å²) in [5, 5.41) is 8.95. The summed E-state index contributed by atoms with van der Waals surface area (Å²) in [5.74, 6) is 1.00. The molecule has 0 aliphatic rings. The molecule has 4 aromatic rings. The fraction of sp³-hybridized carbons (Fsp3) is 0.190. The van der Waals surface area contributed by atoms with Gasteiger partial charge in [-0.2, -0.15) is 0 Å². The predicted molar refractivity (Wildman–Crippen MR) is 112 cm³/mol. The van der Waals surface area contributed by atoms with Crippen LogP contribution in [0.2, 0.25) is 5.02 Å². The van der Waals surface area contributed by atoms with Crippen LogP contribution in [0.1, 0.15) is 27.3 Å². The first kappa shape index (κ1) is 19.5. The third-order valence-corrected chi connectivity index (χ3v) is 5.81. The van der Waals surface area contributed by atoms with E-state index < -0.39 is 0 Å². The molecule has 0 N–H and O–H groups in total. The molecule has 3 heterocycles. The second-order valence-electron chi connectivity index (χ2n) is 6.52. The lowest BCUT2D eigenvalue weighted by atomic mass is 10.2. The maximum absolute atomic E-state index is 12.8. The number of ketones is 1. The molecule has 0 amide bonds. The smallest absolute Gasteiger partial charge is 0.284 e. The number of Topliss-reactive ketones (excluding diaryl/α,β-unsaturated/α-hetero) is 1. The Balaban J connectivity index is 1.46. The number of furan rings is 1. The summed E-state index contributed by atoms with van der Waals surface area (Å²) < 4.78 is 12.9. The van der Waals surface area contributed by atoms with Gasteiger partial charge in [0.1, 0.15) is 0 Å². The van der Waals surface area contributed by atoms with Crippen LogP contribution in [-0.2, 0) is 6.54 Å². The summed E-state index contributed by atoms with van der Waals surface area (Å²) in [6, 6.07) is 13.1. The Morgan fingerprint density at radius 1 is 1.17 bits per heavy atom. The van der Waals surface area contributed by atoms with Crippen molar-refractivity contribution in [2.75, 3.05) is 5.75 Å². The van der Waals surface area contributed by atoms with Crippen LogP contribution in [0.15, 0.2) is 62.8 Å². The van der Waals surface area contributed by atoms with Gasteiger partial charge in [-0.3, -0.25) is 4.79 Å². The van der Waals surface area contributed by atoms with Gasteiger partial charge in [0, 0.05) is 28.5 Å². The summed E-state index contributed by atoms with van der Waals surface area (Å²) in [4.78, 5) is 12.8. The average molecular weight is 428 g/mol. The molecule has 0 aliphatic carbocycles. The van der Waals surface area contributed by atoms with Crippen molar-refractivity contribution >= 4 is 29.1 Å². The van der Waals surface area contributed by atoms with E-state index in [1.54, 1.807) is 12.1 Å². The van der Waals surface area contributed by atoms with Gasteiger partial charge in [0.05, 0.1) is 12.0 Å². The van der Waals surface area contributed by atoms with Gasteiger partial charge < -0.3 is 13.4 Å². The quantitative estimate of drug-likeness (QED) is 0.289. The zero-order chi connectivity index (χ0) is 20.4. The lowest BCUT2D eigenvalue weighted by molar-refractivity contribution is 0.102. The predicted octanol–water partition coefficient (Wildman–Crippen LogP) is 5.42. The minimum absolute atomic E-state index is 0.00579. The minimum Gasteiger partial charge on any atom is -0.459 e. The van der Waals surface area contributed by atoms with Gasteiger partial charge in [-0.25, -0.2) is 0 Å². The third-order valence-electron chi connectivity index (χ3n) is 4.63. The van der Waals surface area contributed by atoms with E-state index in [1.165, 1.54) is 18.0 Å². The third kappa shape index (κ3) is 4.16. The maximum atomic E-state index is 12.8. The van der Waals surface area contributed by atoms with Crippen LogP contribution >= 0.6 is 23.4 Å². The molecule has 0 bridgehead atoms. The standard InChI is InChI=1S/C21H18ClN3O3S/c1-13-10-16(14(2)25(13)11-15-6-3-4-7-17(15)22)18(26)12-29-21-24-23-20(28-21)19-8-5-9-27-19/h3-10H,11-12H2,1-2H3. The minimum atomic E-state index is 0.00579. The number of hydrogen-bond acceptors (Lipinski definition) is 6.